The van der Waals surface area contributed by atoms with E-state index in [1.807, 2.05) is 57.2 Å². The molecule has 0 saturated carbocycles. The molecule has 0 radical (unpaired) electrons. The van der Waals surface area contributed by atoms with Crippen molar-refractivity contribution in [3.63, 3.8) is 0 Å². The molecule has 2 amide bonds. The molecule has 0 fully saturated rings. The van der Waals surface area contributed by atoms with Gasteiger partial charge in [0.05, 0.1) is 5.69 Å². The first-order valence-electron chi connectivity index (χ1n) is 10.1. The van der Waals surface area contributed by atoms with E-state index in [0.29, 0.717) is 17.1 Å². The van der Waals surface area contributed by atoms with Gasteiger partial charge in [-0.25, -0.2) is 4.68 Å². The predicted molar refractivity (Wildman–Crippen MR) is 122 cm³/mol. The van der Waals surface area contributed by atoms with Crippen LogP contribution in [0.1, 0.15) is 30.5 Å². The van der Waals surface area contributed by atoms with Crippen LogP contribution in [-0.4, -0.2) is 21.6 Å². The van der Waals surface area contributed by atoms with Crippen molar-refractivity contribution >= 4 is 23.2 Å². The van der Waals surface area contributed by atoms with Crippen LogP contribution in [-0.2, 0) is 22.6 Å². The highest BCUT2D eigenvalue weighted by Gasteiger charge is 2.12. The molecule has 0 aliphatic rings. The first-order chi connectivity index (χ1) is 14.8. The molecule has 2 aromatic carbocycles. The largest absolute Gasteiger partial charge is 0.326 e. The van der Waals surface area contributed by atoms with Gasteiger partial charge in [-0.15, -0.1) is 0 Å². The molecule has 0 atom stereocenters. The van der Waals surface area contributed by atoms with E-state index < -0.39 is 0 Å². The molecule has 160 valence electrons. The Bertz CT molecular complexity index is 1200. The third-order valence-electron chi connectivity index (χ3n) is 5.14. The second kappa shape index (κ2) is 9.38. The van der Waals surface area contributed by atoms with Gasteiger partial charge in [-0.3, -0.25) is 14.4 Å². The second-order valence-electron chi connectivity index (χ2n) is 7.42. The third-order valence-corrected chi connectivity index (χ3v) is 5.14. The van der Waals surface area contributed by atoms with Crippen LogP contribution in [0.3, 0.4) is 0 Å². The van der Waals surface area contributed by atoms with Gasteiger partial charge in [0.25, 0.3) is 5.56 Å². The fraction of sp³-hybridized carbons (Fsp3) is 0.250. The molecular weight excluding hydrogens is 392 g/mol. The zero-order valence-corrected chi connectivity index (χ0v) is 18.2. The molecule has 3 rings (SSSR count). The van der Waals surface area contributed by atoms with E-state index in [0.717, 1.165) is 33.4 Å². The summed E-state index contributed by atoms with van der Waals surface area (Å²) >= 11 is 0. The van der Waals surface area contributed by atoms with Gasteiger partial charge >= 0.3 is 0 Å². The number of amides is 2. The van der Waals surface area contributed by atoms with Crippen LogP contribution in [0.25, 0.3) is 11.3 Å². The number of carbonyl (C=O) groups excluding carboxylic acids is 2. The molecule has 7 nitrogen and oxygen atoms in total. The van der Waals surface area contributed by atoms with Crippen molar-refractivity contribution in [1.82, 2.24) is 9.78 Å². The number of benzene rings is 2. The number of aryl methyl sites for hydroxylation is 2. The molecule has 1 heterocycles. The normalized spacial score (nSPS) is 10.6. The third kappa shape index (κ3) is 5.25. The number of rotatable bonds is 6. The predicted octanol–water partition coefficient (Wildman–Crippen LogP) is 3.69. The van der Waals surface area contributed by atoms with Crippen LogP contribution >= 0.6 is 0 Å². The summed E-state index contributed by atoms with van der Waals surface area (Å²) in [6.07, 6.45) is 0.765. The molecule has 0 saturated heterocycles. The number of aromatic nitrogens is 2. The summed E-state index contributed by atoms with van der Waals surface area (Å²) in [7, 11) is 0. The molecule has 31 heavy (non-hydrogen) atoms. The number of anilines is 2. The van der Waals surface area contributed by atoms with E-state index >= 15 is 0 Å². The number of nitrogens with one attached hydrogen (secondary N) is 2. The highest BCUT2D eigenvalue weighted by molar-refractivity contribution is 5.91. The Hall–Kier alpha value is -3.74. The molecule has 0 aliphatic carbocycles. The summed E-state index contributed by atoms with van der Waals surface area (Å²) in [6, 6.07) is 14.3. The summed E-state index contributed by atoms with van der Waals surface area (Å²) in [4.78, 5) is 36.4. The van der Waals surface area contributed by atoms with Crippen LogP contribution < -0.4 is 16.2 Å². The summed E-state index contributed by atoms with van der Waals surface area (Å²) in [5, 5.41) is 10.0. The molecule has 3 aromatic rings. The average Bonchev–Trinajstić information content (AvgIpc) is 2.72. The minimum absolute atomic E-state index is 0.159. The Morgan fingerprint density at radius 3 is 2.48 bits per heavy atom. The van der Waals surface area contributed by atoms with E-state index in [1.165, 1.54) is 13.0 Å². The van der Waals surface area contributed by atoms with Crippen molar-refractivity contribution in [2.45, 2.75) is 40.7 Å². The SMILES string of the molecule is CCc1ccc(-c2ccc(=O)n(CC(=O)Nc3cccc(C)c3C)n2)cc1NC(C)=O. The first kappa shape index (κ1) is 22.0. The van der Waals surface area contributed by atoms with E-state index in [4.69, 9.17) is 0 Å². The number of nitrogens with zero attached hydrogens (tertiary/aromatic N) is 2. The minimum Gasteiger partial charge on any atom is -0.326 e. The zero-order chi connectivity index (χ0) is 22.5. The van der Waals surface area contributed by atoms with Gasteiger partial charge in [0.2, 0.25) is 11.8 Å². The lowest BCUT2D eigenvalue weighted by Crippen LogP contribution is -2.29. The molecule has 2 N–H and O–H groups in total. The van der Waals surface area contributed by atoms with E-state index in [-0.39, 0.29) is 23.9 Å². The highest BCUT2D eigenvalue weighted by atomic mass is 16.2. The molecule has 7 heteroatoms. The molecule has 0 spiro atoms. The lowest BCUT2D eigenvalue weighted by atomic mass is 10.0. The van der Waals surface area contributed by atoms with Crippen LogP contribution in [0.4, 0.5) is 11.4 Å². The first-order valence-corrected chi connectivity index (χ1v) is 10.1. The van der Waals surface area contributed by atoms with Crippen molar-refractivity contribution in [3.05, 3.63) is 75.6 Å². The van der Waals surface area contributed by atoms with Crippen molar-refractivity contribution in [2.75, 3.05) is 10.6 Å². The zero-order valence-electron chi connectivity index (χ0n) is 18.2. The Morgan fingerprint density at radius 2 is 1.77 bits per heavy atom. The maximum absolute atomic E-state index is 12.5. The molecule has 0 unspecified atom stereocenters. The van der Waals surface area contributed by atoms with Crippen LogP contribution in [0, 0.1) is 13.8 Å². The van der Waals surface area contributed by atoms with E-state index in [2.05, 4.69) is 15.7 Å². The molecule has 0 bridgehead atoms. The molecular formula is C24H26N4O3. The van der Waals surface area contributed by atoms with Crippen molar-refractivity contribution in [3.8, 4) is 11.3 Å². The average molecular weight is 418 g/mol. The van der Waals surface area contributed by atoms with Crippen LogP contribution in [0.2, 0.25) is 0 Å². The maximum Gasteiger partial charge on any atom is 0.267 e. The van der Waals surface area contributed by atoms with Gasteiger partial charge in [0.1, 0.15) is 6.54 Å². The number of hydrogen-bond donors (Lipinski definition) is 2. The summed E-state index contributed by atoms with van der Waals surface area (Å²) < 4.78 is 1.14. The lowest BCUT2D eigenvalue weighted by Gasteiger charge is -2.13. The van der Waals surface area contributed by atoms with Gasteiger partial charge < -0.3 is 10.6 Å². The van der Waals surface area contributed by atoms with Crippen molar-refractivity contribution in [1.29, 1.82) is 0 Å². The standard InChI is InChI=1S/C24H26N4O3/c1-5-18-9-10-19(13-22(18)25-17(4)29)21-11-12-24(31)28(27-21)14-23(30)26-20-8-6-7-15(2)16(20)3/h6-13H,5,14H2,1-4H3,(H,25,29)(H,26,30). The maximum atomic E-state index is 12.5. The Kier molecular flexibility index (Phi) is 6.65. The topological polar surface area (TPSA) is 93.1 Å². The van der Waals surface area contributed by atoms with Gasteiger partial charge in [0, 0.05) is 29.9 Å². The molecule has 1 aromatic heterocycles. The summed E-state index contributed by atoms with van der Waals surface area (Å²) in [6.45, 7) is 7.17. The Balaban J connectivity index is 1.86. The van der Waals surface area contributed by atoms with Gasteiger partial charge in [-0.05, 0) is 55.2 Å². The van der Waals surface area contributed by atoms with Gasteiger partial charge in [-0.1, -0.05) is 31.2 Å². The van der Waals surface area contributed by atoms with Gasteiger partial charge in [0.15, 0.2) is 0 Å². The summed E-state index contributed by atoms with van der Waals surface area (Å²) in [5.41, 5.74) is 5.38. The minimum atomic E-state index is -0.368. The van der Waals surface area contributed by atoms with Crippen molar-refractivity contribution in [2.24, 2.45) is 0 Å². The summed E-state index contributed by atoms with van der Waals surface area (Å²) in [5.74, 6) is -0.492. The van der Waals surface area contributed by atoms with E-state index in [1.54, 1.807) is 6.07 Å². The van der Waals surface area contributed by atoms with Gasteiger partial charge in [-0.2, -0.15) is 5.10 Å². The van der Waals surface area contributed by atoms with E-state index in [9.17, 15) is 14.4 Å². The lowest BCUT2D eigenvalue weighted by molar-refractivity contribution is -0.117. The second-order valence-corrected chi connectivity index (χ2v) is 7.42. The van der Waals surface area contributed by atoms with Crippen LogP contribution in [0.15, 0.2) is 53.3 Å². The molecule has 0 aliphatic heterocycles. The smallest absolute Gasteiger partial charge is 0.267 e. The fourth-order valence-electron chi connectivity index (χ4n) is 3.28. The Morgan fingerprint density at radius 1 is 1.00 bits per heavy atom. The highest BCUT2D eigenvalue weighted by Crippen LogP contribution is 2.24. The Labute approximate surface area is 181 Å². The van der Waals surface area contributed by atoms with Crippen molar-refractivity contribution < 1.29 is 9.59 Å². The fourth-order valence-corrected chi connectivity index (χ4v) is 3.28. The van der Waals surface area contributed by atoms with Crippen LogP contribution in [0.5, 0.6) is 0 Å². The monoisotopic (exact) mass is 418 g/mol. The quantitative estimate of drug-likeness (QED) is 0.639. The number of hydrogen-bond acceptors (Lipinski definition) is 4. The number of carbonyl (C=O) groups is 2.